The zero-order valence-corrected chi connectivity index (χ0v) is 7.50. The topological polar surface area (TPSA) is 95.2 Å². The Labute approximate surface area is 81.8 Å². The van der Waals surface area contributed by atoms with Crippen LogP contribution in [0.25, 0.3) is 0 Å². The van der Waals surface area contributed by atoms with Crippen molar-refractivity contribution < 1.29 is 0 Å². The lowest BCUT2D eigenvalue weighted by Crippen LogP contribution is -1.78. The van der Waals surface area contributed by atoms with Crippen LogP contribution in [0.2, 0.25) is 0 Å². The average Bonchev–Trinajstić information content (AvgIpc) is 2.22. The zero-order valence-electron chi connectivity index (χ0n) is 7.50. The molecule has 0 radical (unpaired) electrons. The number of rotatable bonds is 2. The van der Waals surface area contributed by atoms with Crippen molar-refractivity contribution in [1.29, 1.82) is 21.2 Å². The summed E-state index contributed by atoms with van der Waals surface area (Å²) in [6.07, 6.45) is 2.72. The van der Waals surface area contributed by atoms with E-state index in [0.29, 0.717) is 5.57 Å². The third kappa shape index (κ3) is 3.69. The molecule has 14 heavy (non-hydrogen) atoms. The highest BCUT2D eigenvalue weighted by Crippen LogP contribution is 2.03. The molecule has 0 rings (SSSR count). The third-order valence-electron chi connectivity index (χ3n) is 1.24. The first-order valence-electron chi connectivity index (χ1n) is 3.58. The highest BCUT2D eigenvalue weighted by molar-refractivity contribution is 5.66. The van der Waals surface area contributed by atoms with Crippen LogP contribution in [-0.2, 0) is 0 Å². The Morgan fingerprint density at radius 3 is 2.00 bits per heavy atom. The third-order valence-corrected chi connectivity index (χ3v) is 1.24. The van der Waals surface area contributed by atoms with Crippen LogP contribution in [0.15, 0.2) is 28.9 Å². The predicted octanol–water partition coefficient (Wildman–Crippen LogP) is 1.60. The van der Waals surface area contributed by atoms with E-state index in [9.17, 15) is 0 Å². The summed E-state index contributed by atoms with van der Waals surface area (Å²) in [5.74, 6) is 1.93. The number of nitrogens with one attached hydrogen (secondary N) is 1. The molecule has 66 valence electrons. The molecule has 0 spiro atoms. The van der Waals surface area contributed by atoms with Crippen molar-refractivity contribution in [2.75, 3.05) is 0 Å². The van der Waals surface area contributed by atoms with E-state index in [-0.39, 0.29) is 11.1 Å². The van der Waals surface area contributed by atoms with Crippen molar-refractivity contribution >= 4 is 5.87 Å². The lowest BCUT2D eigenvalue weighted by molar-refractivity contribution is 1.42. The van der Waals surface area contributed by atoms with Gasteiger partial charge < -0.3 is 0 Å². The summed E-state index contributed by atoms with van der Waals surface area (Å²) in [6, 6.07) is 5.12. The van der Waals surface area contributed by atoms with E-state index < -0.39 is 0 Å². The predicted molar refractivity (Wildman–Crippen MR) is 49.9 cm³/mol. The van der Waals surface area contributed by atoms with Gasteiger partial charge in [0, 0.05) is 0 Å². The van der Waals surface area contributed by atoms with Gasteiger partial charge in [-0.2, -0.15) is 15.8 Å². The minimum atomic E-state index is -0.0407. The maximum atomic E-state index is 8.46. The van der Waals surface area contributed by atoms with E-state index in [1.54, 1.807) is 25.1 Å². The van der Waals surface area contributed by atoms with Gasteiger partial charge in [-0.1, -0.05) is 0 Å². The Bertz CT molecular complexity index is 438. The van der Waals surface area contributed by atoms with Gasteiger partial charge in [0.05, 0.1) is 0 Å². The summed E-state index contributed by atoms with van der Waals surface area (Å²) in [6.45, 7) is 1.63. The summed E-state index contributed by atoms with van der Waals surface area (Å²) >= 11 is 0. The smallest absolute Gasteiger partial charge is 0.129 e. The van der Waals surface area contributed by atoms with E-state index in [1.165, 1.54) is 12.2 Å². The number of hydrogen-bond donors (Lipinski definition) is 1. The Balaban J connectivity index is 5.05. The van der Waals surface area contributed by atoms with Gasteiger partial charge in [-0.15, -0.1) is 0 Å². The summed E-state index contributed by atoms with van der Waals surface area (Å²) in [7, 11) is 0. The molecule has 0 aliphatic heterocycles. The second-order valence-electron chi connectivity index (χ2n) is 2.32. The molecular weight excluding hydrogens is 176 g/mol. The second-order valence-corrected chi connectivity index (χ2v) is 2.32. The van der Waals surface area contributed by atoms with Gasteiger partial charge in [-0.05, 0) is 30.5 Å². The number of nitrogens with zero attached hydrogens (tertiary/aromatic N) is 3. The quantitative estimate of drug-likeness (QED) is 0.399. The monoisotopic (exact) mass is 182 g/mol. The molecule has 0 amide bonds. The molecule has 1 N–H and O–H groups in total. The van der Waals surface area contributed by atoms with Crippen LogP contribution in [0, 0.1) is 39.4 Å². The first-order chi connectivity index (χ1) is 6.67. The number of hydrogen-bond acceptors (Lipinski definition) is 4. The summed E-state index contributed by atoms with van der Waals surface area (Å²) in [4.78, 5) is 0. The van der Waals surface area contributed by atoms with E-state index in [4.69, 9.17) is 21.2 Å². The lowest BCUT2D eigenvalue weighted by Gasteiger charge is -1.88. The minimum absolute atomic E-state index is 0.0407. The number of nitriles is 3. The van der Waals surface area contributed by atoms with Gasteiger partial charge in [0.15, 0.2) is 0 Å². The van der Waals surface area contributed by atoms with E-state index >= 15 is 0 Å². The molecule has 0 saturated carbocycles. The van der Waals surface area contributed by atoms with Gasteiger partial charge >= 0.3 is 0 Å². The molecule has 0 saturated heterocycles. The first-order valence-corrected chi connectivity index (χ1v) is 3.58. The fourth-order valence-electron chi connectivity index (χ4n) is 0.683. The molecule has 0 aromatic heterocycles. The van der Waals surface area contributed by atoms with Crippen LogP contribution in [0.3, 0.4) is 0 Å². The van der Waals surface area contributed by atoms with Crippen LogP contribution < -0.4 is 0 Å². The van der Waals surface area contributed by atoms with Crippen molar-refractivity contribution in [3.8, 4) is 18.2 Å². The highest BCUT2D eigenvalue weighted by atomic mass is 14.3. The molecule has 0 unspecified atom stereocenters. The fraction of sp³-hybridized carbons (Fsp3) is 0.100. The SMILES string of the molecule is C/C(C=C(C#N)C#N)=C/C(=C=N)C#N. The Morgan fingerprint density at radius 2 is 1.64 bits per heavy atom. The maximum Gasteiger partial charge on any atom is 0.129 e. The molecule has 0 atom stereocenters. The Hall–Kier alpha value is -2.60. The van der Waals surface area contributed by atoms with Gasteiger partial charge in [-0.3, -0.25) is 5.41 Å². The van der Waals surface area contributed by atoms with Crippen molar-refractivity contribution in [2.45, 2.75) is 6.92 Å². The number of allylic oxidation sites excluding steroid dienone is 5. The Morgan fingerprint density at radius 1 is 1.07 bits per heavy atom. The molecule has 0 heterocycles. The Kier molecular flexibility index (Phi) is 4.87. The van der Waals surface area contributed by atoms with Crippen LogP contribution in [0.4, 0.5) is 0 Å². The molecule has 0 aliphatic carbocycles. The van der Waals surface area contributed by atoms with E-state index in [0.717, 1.165) is 0 Å². The van der Waals surface area contributed by atoms with Crippen LogP contribution in [-0.4, -0.2) is 5.87 Å². The summed E-state index contributed by atoms with van der Waals surface area (Å²) < 4.78 is 0. The van der Waals surface area contributed by atoms with Gasteiger partial charge in [0.25, 0.3) is 0 Å². The molecule has 0 aromatic rings. The van der Waals surface area contributed by atoms with Gasteiger partial charge in [0.1, 0.15) is 29.4 Å². The van der Waals surface area contributed by atoms with Gasteiger partial charge in [-0.25, -0.2) is 0 Å². The summed E-state index contributed by atoms with van der Waals surface area (Å²) in [5.41, 5.74) is 0.564. The van der Waals surface area contributed by atoms with Crippen molar-refractivity contribution in [1.82, 2.24) is 0 Å². The average molecular weight is 182 g/mol. The fourth-order valence-corrected chi connectivity index (χ4v) is 0.683. The largest absolute Gasteiger partial charge is 0.258 e. The summed E-state index contributed by atoms with van der Waals surface area (Å²) in [5, 5.41) is 32.0. The highest BCUT2D eigenvalue weighted by Gasteiger charge is 1.94. The van der Waals surface area contributed by atoms with E-state index in [1.807, 2.05) is 5.87 Å². The standard InChI is InChI=1S/C10H6N4/c1-8(2-9(4-11)5-12)3-10(6-13)7-14/h2-3,11H,1H3/b8-2-. The molecule has 0 fully saturated rings. The first kappa shape index (κ1) is 11.4. The lowest BCUT2D eigenvalue weighted by atomic mass is 10.1. The molecule has 4 heteroatoms. The normalized spacial score (nSPS) is 8.57. The van der Waals surface area contributed by atoms with Crippen LogP contribution >= 0.6 is 0 Å². The van der Waals surface area contributed by atoms with Crippen molar-refractivity contribution in [2.24, 2.45) is 0 Å². The van der Waals surface area contributed by atoms with Crippen molar-refractivity contribution in [3.05, 3.63) is 28.9 Å². The second kappa shape index (κ2) is 5.98. The molecular formula is C10H6N4. The zero-order chi connectivity index (χ0) is 11.0. The molecule has 0 bridgehead atoms. The minimum Gasteiger partial charge on any atom is -0.258 e. The molecule has 0 aliphatic rings. The maximum absolute atomic E-state index is 8.46. The van der Waals surface area contributed by atoms with Crippen LogP contribution in [0.1, 0.15) is 6.92 Å². The molecule has 0 aromatic carbocycles. The van der Waals surface area contributed by atoms with Crippen molar-refractivity contribution in [3.63, 3.8) is 0 Å². The molecule has 4 nitrogen and oxygen atoms in total. The van der Waals surface area contributed by atoms with Gasteiger partial charge in [0.2, 0.25) is 0 Å². The van der Waals surface area contributed by atoms with Crippen LogP contribution in [0.5, 0.6) is 0 Å². The van der Waals surface area contributed by atoms with E-state index in [2.05, 4.69) is 0 Å².